The van der Waals surface area contributed by atoms with Gasteiger partial charge in [0.1, 0.15) is 5.69 Å². The summed E-state index contributed by atoms with van der Waals surface area (Å²) in [4.78, 5) is 11.2. The first-order valence-corrected chi connectivity index (χ1v) is 6.28. The lowest BCUT2D eigenvalue weighted by Crippen LogP contribution is -2.47. The molecule has 112 valence electrons. The van der Waals surface area contributed by atoms with Crippen molar-refractivity contribution in [3.05, 3.63) is 18.0 Å². The van der Waals surface area contributed by atoms with Crippen molar-refractivity contribution in [1.82, 2.24) is 14.9 Å². The molecule has 1 fully saturated rings. The van der Waals surface area contributed by atoms with Gasteiger partial charge >= 0.3 is 6.18 Å². The maximum absolute atomic E-state index is 12.6. The second-order valence-electron chi connectivity index (χ2n) is 4.94. The molecule has 1 unspecified atom stereocenters. The molecule has 2 rings (SSSR count). The van der Waals surface area contributed by atoms with E-state index in [4.69, 9.17) is 4.74 Å². The quantitative estimate of drug-likeness (QED) is 0.838. The van der Waals surface area contributed by atoms with Crippen molar-refractivity contribution in [2.24, 2.45) is 0 Å². The second kappa shape index (κ2) is 5.92. The van der Waals surface area contributed by atoms with Crippen LogP contribution in [-0.2, 0) is 10.9 Å². The molecule has 20 heavy (non-hydrogen) atoms. The number of alkyl halides is 3. The van der Waals surface area contributed by atoms with Gasteiger partial charge in [-0.1, -0.05) is 0 Å². The fraction of sp³-hybridized carbons (Fsp3) is 0.667. The molecule has 0 saturated carbocycles. The Labute approximate surface area is 115 Å². The first-order chi connectivity index (χ1) is 9.36. The highest BCUT2D eigenvalue weighted by Gasteiger charge is 2.33. The van der Waals surface area contributed by atoms with E-state index in [-0.39, 0.29) is 12.1 Å². The normalized spacial score (nSPS) is 20.5. The Hall–Kier alpha value is -1.41. The van der Waals surface area contributed by atoms with E-state index in [2.05, 4.69) is 9.97 Å². The minimum Gasteiger partial charge on any atom is -0.373 e. The fourth-order valence-electron chi connectivity index (χ4n) is 2.08. The molecule has 1 aromatic heterocycles. The zero-order chi connectivity index (χ0) is 14.8. The number of anilines is 1. The summed E-state index contributed by atoms with van der Waals surface area (Å²) in [5.41, 5.74) is -0.918. The van der Waals surface area contributed by atoms with Crippen LogP contribution in [0, 0.1) is 0 Å². The SMILES string of the molecule is CN(C)CC1CN(c2nccc(C(F)(F)F)n2)CCO1. The summed E-state index contributed by atoms with van der Waals surface area (Å²) >= 11 is 0. The third kappa shape index (κ3) is 3.80. The van der Waals surface area contributed by atoms with Crippen LogP contribution in [-0.4, -0.2) is 61.3 Å². The standard InChI is InChI=1S/C12H17F3N4O/c1-18(2)7-9-8-19(5-6-20-9)11-16-4-3-10(17-11)12(13,14)15/h3-4,9H,5-8H2,1-2H3. The molecule has 0 N–H and O–H groups in total. The van der Waals surface area contributed by atoms with Crippen molar-refractivity contribution < 1.29 is 17.9 Å². The van der Waals surface area contributed by atoms with Gasteiger partial charge in [0.05, 0.1) is 12.7 Å². The number of nitrogens with zero attached hydrogens (tertiary/aromatic N) is 4. The van der Waals surface area contributed by atoms with Crippen molar-refractivity contribution in [2.75, 3.05) is 45.2 Å². The van der Waals surface area contributed by atoms with Crippen molar-refractivity contribution in [3.63, 3.8) is 0 Å². The van der Waals surface area contributed by atoms with Crippen LogP contribution in [0.4, 0.5) is 19.1 Å². The van der Waals surface area contributed by atoms with Gasteiger partial charge in [0.2, 0.25) is 5.95 Å². The molecule has 1 atom stereocenters. The number of aromatic nitrogens is 2. The maximum Gasteiger partial charge on any atom is 0.433 e. The average Bonchev–Trinajstić information content (AvgIpc) is 2.37. The Balaban J connectivity index is 2.11. The van der Waals surface area contributed by atoms with Crippen molar-refractivity contribution in [3.8, 4) is 0 Å². The van der Waals surface area contributed by atoms with Crippen molar-refractivity contribution >= 4 is 5.95 Å². The highest BCUT2D eigenvalue weighted by Crippen LogP contribution is 2.28. The minimum atomic E-state index is -4.45. The van der Waals surface area contributed by atoms with E-state index in [9.17, 15) is 13.2 Å². The van der Waals surface area contributed by atoms with Crippen molar-refractivity contribution in [1.29, 1.82) is 0 Å². The molecular weight excluding hydrogens is 273 g/mol. The number of morpholine rings is 1. The molecule has 2 heterocycles. The fourth-order valence-corrected chi connectivity index (χ4v) is 2.08. The predicted octanol–water partition coefficient (Wildman–Crippen LogP) is 1.26. The van der Waals surface area contributed by atoms with E-state index in [0.717, 1.165) is 12.3 Å². The molecule has 1 aliphatic rings. The Morgan fingerprint density at radius 1 is 1.45 bits per heavy atom. The highest BCUT2D eigenvalue weighted by atomic mass is 19.4. The summed E-state index contributed by atoms with van der Waals surface area (Å²) in [5.74, 6) is 0.104. The average molecular weight is 290 g/mol. The van der Waals surface area contributed by atoms with Gasteiger partial charge in [-0.3, -0.25) is 0 Å². The Bertz CT molecular complexity index is 453. The first kappa shape index (κ1) is 15.0. The highest BCUT2D eigenvalue weighted by molar-refractivity contribution is 5.31. The molecule has 1 aliphatic heterocycles. The Kier molecular flexibility index (Phi) is 4.44. The topological polar surface area (TPSA) is 41.5 Å². The molecule has 0 radical (unpaired) electrons. The number of ether oxygens (including phenoxy) is 1. The Morgan fingerprint density at radius 3 is 2.85 bits per heavy atom. The molecule has 8 heteroatoms. The molecule has 0 aliphatic carbocycles. The van der Waals surface area contributed by atoms with Gasteiger partial charge in [-0.15, -0.1) is 0 Å². The van der Waals surface area contributed by atoms with Crippen LogP contribution in [0.5, 0.6) is 0 Å². The van der Waals surface area contributed by atoms with E-state index in [0.29, 0.717) is 26.2 Å². The van der Waals surface area contributed by atoms with Crippen LogP contribution in [0.1, 0.15) is 5.69 Å². The number of likely N-dealkylation sites (N-methyl/N-ethyl adjacent to an activating group) is 1. The van der Waals surface area contributed by atoms with Crippen LogP contribution in [0.15, 0.2) is 12.3 Å². The van der Waals surface area contributed by atoms with Gasteiger partial charge in [-0.25, -0.2) is 9.97 Å². The van der Waals surface area contributed by atoms with Gasteiger partial charge in [0, 0.05) is 25.8 Å². The monoisotopic (exact) mass is 290 g/mol. The predicted molar refractivity (Wildman–Crippen MR) is 67.5 cm³/mol. The maximum atomic E-state index is 12.6. The second-order valence-corrected chi connectivity index (χ2v) is 4.94. The molecule has 0 amide bonds. The van der Waals surface area contributed by atoms with E-state index < -0.39 is 11.9 Å². The van der Waals surface area contributed by atoms with E-state index in [1.807, 2.05) is 19.0 Å². The van der Waals surface area contributed by atoms with Gasteiger partial charge in [0.15, 0.2) is 0 Å². The summed E-state index contributed by atoms with van der Waals surface area (Å²) in [6, 6.07) is 0.876. The number of hydrogen-bond donors (Lipinski definition) is 0. The Morgan fingerprint density at radius 2 is 2.20 bits per heavy atom. The molecule has 1 saturated heterocycles. The summed E-state index contributed by atoms with van der Waals surface area (Å²) < 4.78 is 43.5. The lowest BCUT2D eigenvalue weighted by molar-refractivity contribution is -0.141. The van der Waals surface area contributed by atoms with Gasteiger partial charge in [0.25, 0.3) is 0 Å². The third-order valence-corrected chi connectivity index (χ3v) is 2.92. The zero-order valence-electron chi connectivity index (χ0n) is 11.4. The summed E-state index contributed by atoms with van der Waals surface area (Å²) in [6.07, 6.45) is -3.37. The minimum absolute atomic E-state index is 0.0584. The van der Waals surface area contributed by atoms with Gasteiger partial charge in [-0.05, 0) is 20.2 Å². The van der Waals surface area contributed by atoms with Crippen LogP contribution in [0.2, 0.25) is 0 Å². The smallest absolute Gasteiger partial charge is 0.373 e. The molecule has 0 bridgehead atoms. The lowest BCUT2D eigenvalue weighted by atomic mass is 10.2. The van der Waals surface area contributed by atoms with Crippen LogP contribution >= 0.6 is 0 Å². The van der Waals surface area contributed by atoms with Crippen molar-refractivity contribution in [2.45, 2.75) is 12.3 Å². The van der Waals surface area contributed by atoms with Gasteiger partial charge in [-0.2, -0.15) is 13.2 Å². The van der Waals surface area contributed by atoms with Crippen LogP contribution in [0.25, 0.3) is 0 Å². The number of rotatable bonds is 3. The lowest BCUT2D eigenvalue weighted by Gasteiger charge is -2.34. The number of hydrogen-bond acceptors (Lipinski definition) is 5. The van der Waals surface area contributed by atoms with Gasteiger partial charge < -0.3 is 14.5 Å². The molecule has 1 aromatic rings. The largest absolute Gasteiger partial charge is 0.433 e. The van der Waals surface area contributed by atoms with Crippen LogP contribution < -0.4 is 4.90 Å². The molecular formula is C12H17F3N4O. The number of halogens is 3. The zero-order valence-corrected chi connectivity index (χ0v) is 11.4. The molecule has 0 spiro atoms. The third-order valence-electron chi connectivity index (χ3n) is 2.92. The van der Waals surface area contributed by atoms with E-state index in [1.54, 1.807) is 4.90 Å². The van der Waals surface area contributed by atoms with Crippen LogP contribution in [0.3, 0.4) is 0 Å². The summed E-state index contributed by atoms with van der Waals surface area (Å²) in [6.45, 7) is 2.14. The molecule has 5 nitrogen and oxygen atoms in total. The summed E-state index contributed by atoms with van der Waals surface area (Å²) in [5, 5.41) is 0. The first-order valence-electron chi connectivity index (χ1n) is 6.28. The van der Waals surface area contributed by atoms with E-state index in [1.165, 1.54) is 0 Å². The summed E-state index contributed by atoms with van der Waals surface area (Å²) in [7, 11) is 3.84. The van der Waals surface area contributed by atoms with E-state index >= 15 is 0 Å². The molecule has 0 aromatic carbocycles.